The van der Waals surface area contributed by atoms with Crippen molar-refractivity contribution in [3.8, 4) is 28.2 Å². The number of aryl methyl sites for hydroxylation is 2. The number of nitriles is 1. The molecule has 5 rings (SSSR count). The first-order chi connectivity index (χ1) is 16.9. The average Bonchev–Trinajstić information content (AvgIpc) is 3.46. The quantitative estimate of drug-likeness (QED) is 0.396. The van der Waals surface area contributed by atoms with Crippen molar-refractivity contribution in [2.45, 2.75) is 20.4 Å². The lowest BCUT2D eigenvalue weighted by atomic mass is 10.1. The van der Waals surface area contributed by atoms with E-state index in [4.69, 9.17) is 9.78 Å². The SMILES string of the molecule is Cc1cccc(-c2noc(-c3sc4ncn(CC(=O)Nc5ccc(C#N)cc5)c(=O)c4c3C)n2)c1. The molecular formula is C25H18N6O3S. The van der Waals surface area contributed by atoms with E-state index in [0.717, 1.165) is 11.1 Å². The number of nitrogens with zero attached hydrogens (tertiary/aromatic N) is 5. The second-order valence-electron chi connectivity index (χ2n) is 7.94. The van der Waals surface area contributed by atoms with Crippen molar-refractivity contribution in [2.75, 3.05) is 5.32 Å². The van der Waals surface area contributed by atoms with E-state index < -0.39 is 0 Å². The van der Waals surface area contributed by atoms with Gasteiger partial charge in [0.05, 0.1) is 28.2 Å². The maximum absolute atomic E-state index is 13.2. The molecule has 0 aliphatic rings. The predicted molar refractivity (Wildman–Crippen MR) is 132 cm³/mol. The Morgan fingerprint density at radius 1 is 1.20 bits per heavy atom. The van der Waals surface area contributed by atoms with Crippen molar-refractivity contribution < 1.29 is 9.32 Å². The summed E-state index contributed by atoms with van der Waals surface area (Å²) in [6.45, 7) is 3.58. The summed E-state index contributed by atoms with van der Waals surface area (Å²) in [5.41, 5.74) is 3.29. The molecule has 3 aromatic heterocycles. The fourth-order valence-electron chi connectivity index (χ4n) is 3.68. The van der Waals surface area contributed by atoms with E-state index >= 15 is 0 Å². The second kappa shape index (κ2) is 8.96. The van der Waals surface area contributed by atoms with Crippen molar-refractivity contribution >= 4 is 33.1 Å². The molecule has 0 aliphatic carbocycles. The molecule has 0 aliphatic heterocycles. The number of amides is 1. The molecule has 5 aromatic rings. The molecule has 0 fully saturated rings. The van der Waals surface area contributed by atoms with Gasteiger partial charge in [-0.2, -0.15) is 10.2 Å². The lowest BCUT2D eigenvalue weighted by Crippen LogP contribution is -2.27. The molecule has 2 aromatic carbocycles. The van der Waals surface area contributed by atoms with E-state index in [9.17, 15) is 9.59 Å². The number of hydrogen-bond acceptors (Lipinski definition) is 8. The highest BCUT2D eigenvalue weighted by Gasteiger charge is 2.21. The molecular weight excluding hydrogens is 464 g/mol. The number of thiophene rings is 1. The van der Waals surface area contributed by atoms with Crippen LogP contribution in [0.4, 0.5) is 5.69 Å². The number of nitrogens with one attached hydrogen (secondary N) is 1. The molecule has 10 heteroatoms. The van der Waals surface area contributed by atoms with Crippen LogP contribution in [0, 0.1) is 25.2 Å². The molecule has 0 radical (unpaired) electrons. The third-order valence-electron chi connectivity index (χ3n) is 5.43. The summed E-state index contributed by atoms with van der Waals surface area (Å²) in [5, 5.41) is 16.1. The highest BCUT2D eigenvalue weighted by Crippen LogP contribution is 2.35. The molecule has 0 unspecified atom stereocenters. The molecule has 1 amide bonds. The van der Waals surface area contributed by atoms with Gasteiger partial charge in [0, 0.05) is 11.3 Å². The maximum Gasteiger partial charge on any atom is 0.268 e. The Hall–Kier alpha value is -4.62. The number of aromatic nitrogens is 4. The van der Waals surface area contributed by atoms with Crippen molar-refractivity contribution in [3.63, 3.8) is 0 Å². The largest absolute Gasteiger partial charge is 0.333 e. The Kier molecular flexibility index (Phi) is 5.68. The van der Waals surface area contributed by atoms with Gasteiger partial charge in [0.15, 0.2) is 0 Å². The summed E-state index contributed by atoms with van der Waals surface area (Å²) in [4.78, 5) is 35.8. The summed E-state index contributed by atoms with van der Waals surface area (Å²) in [7, 11) is 0. The molecule has 172 valence electrons. The minimum atomic E-state index is -0.384. The molecule has 35 heavy (non-hydrogen) atoms. The summed E-state index contributed by atoms with van der Waals surface area (Å²) < 4.78 is 6.76. The van der Waals surface area contributed by atoms with Crippen molar-refractivity contribution in [1.29, 1.82) is 5.26 Å². The van der Waals surface area contributed by atoms with Crippen LogP contribution in [0.3, 0.4) is 0 Å². The van der Waals surface area contributed by atoms with E-state index in [2.05, 4.69) is 20.4 Å². The van der Waals surface area contributed by atoms with Crippen LogP contribution < -0.4 is 10.9 Å². The lowest BCUT2D eigenvalue weighted by molar-refractivity contribution is -0.116. The summed E-state index contributed by atoms with van der Waals surface area (Å²) in [5.74, 6) is 0.391. The van der Waals surface area contributed by atoms with Crippen molar-refractivity contribution in [2.24, 2.45) is 0 Å². The van der Waals surface area contributed by atoms with Gasteiger partial charge in [-0.05, 0) is 49.7 Å². The summed E-state index contributed by atoms with van der Waals surface area (Å²) in [6.07, 6.45) is 1.36. The van der Waals surface area contributed by atoms with Crippen LogP contribution in [0.1, 0.15) is 16.7 Å². The molecule has 0 bridgehead atoms. The van der Waals surface area contributed by atoms with Crippen LogP contribution in [0.5, 0.6) is 0 Å². The Bertz CT molecular complexity index is 1670. The monoisotopic (exact) mass is 482 g/mol. The van der Waals surface area contributed by atoms with Crippen LogP contribution in [-0.2, 0) is 11.3 Å². The van der Waals surface area contributed by atoms with Gasteiger partial charge in [-0.25, -0.2) is 4.98 Å². The minimum Gasteiger partial charge on any atom is -0.333 e. The van der Waals surface area contributed by atoms with Crippen LogP contribution in [0.25, 0.3) is 32.4 Å². The molecule has 9 nitrogen and oxygen atoms in total. The standard InChI is InChI=1S/C25H18N6O3S/c1-14-4-3-5-17(10-14)22-29-23(34-30-22)21-15(2)20-24(35-21)27-13-31(25(20)33)12-19(32)28-18-8-6-16(11-26)7-9-18/h3-10,13H,12H2,1-2H3,(H,28,32). The van der Waals surface area contributed by atoms with E-state index in [1.54, 1.807) is 31.2 Å². The molecule has 0 saturated carbocycles. The predicted octanol–water partition coefficient (Wildman–Crippen LogP) is 4.30. The van der Waals surface area contributed by atoms with Gasteiger partial charge >= 0.3 is 0 Å². The van der Waals surface area contributed by atoms with Gasteiger partial charge in [0.2, 0.25) is 11.7 Å². The second-order valence-corrected chi connectivity index (χ2v) is 8.94. The average molecular weight is 483 g/mol. The van der Waals surface area contributed by atoms with Crippen molar-refractivity contribution in [3.05, 3.63) is 81.9 Å². The zero-order chi connectivity index (χ0) is 24.5. The van der Waals surface area contributed by atoms with Crippen LogP contribution in [0.2, 0.25) is 0 Å². The first-order valence-corrected chi connectivity index (χ1v) is 11.4. The van der Waals surface area contributed by atoms with E-state index in [-0.39, 0.29) is 18.0 Å². The Morgan fingerprint density at radius 2 is 2.00 bits per heavy atom. The van der Waals surface area contributed by atoms with E-state index in [1.165, 1.54) is 22.2 Å². The number of fused-ring (bicyclic) bond motifs is 1. The summed E-state index contributed by atoms with van der Waals surface area (Å²) >= 11 is 1.29. The first kappa shape index (κ1) is 22.2. The van der Waals surface area contributed by atoms with Crippen LogP contribution >= 0.6 is 11.3 Å². The fraction of sp³-hybridized carbons (Fsp3) is 0.120. The van der Waals surface area contributed by atoms with Gasteiger partial charge < -0.3 is 9.84 Å². The summed E-state index contributed by atoms with van der Waals surface area (Å²) in [6, 6.07) is 16.3. The number of carbonyl (C=O) groups excluding carboxylic acids is 1. The van der Waals surface area contributed by atoms with Crippen LogP contribution in [-0.4, -0.2) is 25.6 Å². The smallest absolute Gasteiger partial charge is 0.268 e. The Balaban J connectivity index is 1.42. The zero-order valence-electron chi connectivity index (χ0n) is 18.8. The number of anilines is 1. The molecule has 0 atom stereocenters. The van der Waals surface area contributed by atoms with Crippen molar-refractivity contribution in [1.82, 2.24) is 19.7 Å². The van der Waals surface area contributed by atoms with E-state index in [1.807, 2.05) is 37.3 Å². The Labute approximate surface area is 203 Å². The fourth-order valence-corrected chi connectivity index (χ4v) is 4.74. The minimum absolute atomic E-state index is 0.204. The van der Waals surface area contributed by atoms with Crippen LogP contribution in [0.15, 0.2) is 64.2 Å². The molecule has 0 spiro atoms. The van der Waals surface area contributed by atoms with Gasteiger partial charge in [-0.3, -0.25) is 14.2 Å². The highest BCUT2D eigenvalue weighted by atomic mass is 32.1. The first-order valence-electron chi connectivity index (χ1n) is 10.6. The van der Waals surface area contributed by atoms with E-state index in [0.29, 0.717) is 43.6 Å². The Morgan fingerprint density at radius 3 is 2.74 bits per heavy atom. The van der Waals surface area contributed by atoms with Gasteiger partial charge in [0.1, 0.15) is 11.4 Å². The third kappa shape index (κ3) is 4.32. The molecule has 0 saturated heterocycles. The highest BCUT2D eigenvalue weighted by molar-refractivity contribution is 7.22. The van der Waals surface area contributed by atoms with Gasteiger partial charge in [-0.1, -0.05) is 28.9 Å². The zero-order valence-corrected chi connectivity index (χ0v) is 19.6. The number of hydrogen-bond donors (Lipinski definition) is 1. The van der Waals surface area contributed by atoms with Gasteiger partial charge in [-0.15, -0.1) is 11.3 Å². The number of carbonyl (C=O) groups is 1. The topological polar surface area (TPSA) is 127 Å². The number of rotatable bonds is 5. The lowest BCUT2D eigenvalue weighted by Gasteiger charge is -2.07. The third-order valence-corrected chi connectivity index (χ3v) is 6.61. The molecule has 3 heterocycles. The normalized spacial score (nSPS) is 10.9. The van der Waals surface area contributed by atoms with Gasteiger partial charge in [0.25, 0.3) is 11.4 Å². The maximum atomic E-state index is 13.2. The molecule has 1 N–H and O–H groups in total. The number of benzene rings is 2.